The van der Waals surface area contributed by atoms with E-state index in [4.69, 9.17) is 0 Å². The normalized spacial score (nSPS) is 22.7. The molecule has 2 N–H and O–H groups in total. The molecule has 0 radical (unpaired) electrons. The second-order valence-corrected chi connectivity index (χ2v) is 7.71. The van der Waals surface area contributed by atoms with Gasteiger partial charge in [0.2, 0.25) is 0 Å². The fourth-order valence-corrected chi connectivity index (χ4v) is 4.46. The highest BCUT2D eigenvalue weighted by Gasteiger charge is 2.48. The molecule has 3 atom stereocenters. The Morgan fingerprint density at radius 2 is 1.55 bits per heavy atom. The molecule has 5 heteroatoms. The van der Waals surface area contributed by atoms with Crippen molar-refractivity contribution in [2.24, 2.45) is 0 Å². The van der Waals surface area contributed by atoms with Crippen LogP contribution < -0.4 is 10.6 Å². The van der Waals surface area contributed by atoms with Gasteiger partial charge in [0.15, 0.2) is 0 Å². The van der Waals surface area contributed by atoms with Crippen molar-refractivity contribution in [1.82, 2.24) is 10.2 Å². The van der Waals surface area contributed by atoms with Crippen molar-refractivity contribution in [3.8, 4) is 11.1 Å². The van der Waals surface area contributed by atoms with E-state index >= 15 is 0 Å². The highest BCUT2D eigenvalue weighted by molar-refractivity contribution is 5.89. The first-order chi connectivity index (χ1) is 14.2. The molecule has 3 aliphatic rings. The van der Waals surface area contributed by atoms with Gasteiger partial charge in [0.05, 0.1) is 0 Å². The van der Waals surface area contributed by atoms with Gasteiger partial charge < -0.3 is 15.5 Å². The summed E-state index contributed by atoms with van der Waals surface area (Å²) in [6.07, 6.45) is 0. The van der Waals surface area contributed by atoms with E-state index in [2.05, 4.69) is 22.8 Å². The summed E-state index contributed by atoms with van der Waals surface area (Å²) in [6.45, 7) is 1.35. The van der Waals surface area contributed by atoms with Crippen molar-refractivity contribution in [2.45, 2.75) is 18.0 Å². The smallest absolute Gasteiger partial charge is 0.321 e. The summed E-state index contributed by atoms with van der Waals surface area (Å²) in [5.74, 6) is 0.174. The average Bonchev–Trinajstić information content (AvgIpc) is 2.75. The molecule has 3 aromatic rings. The number of amides is 2. The van der Waals surface area contributed by atoms with Gasteiger partial charge in [0, 0.05) is 42.3 Å². The molecular formula is C24H22FN3O. The van der Waals surface area contributed by atoms with Gasteiger partial charge in [0.25, 0.3) is 0 Å². The molecule has 146 valence electrons. The summed E-state index contributed by atoms with van der Waals surface area (Å²) < 4.78 is 14.0. The molecule has 3 saturated heterocycles. The van der Waals surface area contributed by atoms with Crippen LogP contribution in [0.1, 0.15) is 11.5 Å². The van der Waals surface area contributed by atoms with Crippen LogP contribution in [0.25, 0.3) is 11.1 Å². The predicted molar refractivity (Wildman–Crippen MR) is 112 cm³/mol. The van der Waals surface area contributed by atoms with Crippen LogP contribution in [0.15, 0.2) is 78.9 Å². The third kappa shape index (κ3) is 3.38. The van der Waals surface area contributed by atoms with Crippen LogP contribution in [0.5, 0.6) is 0 Å². The van der Waals surface area contributed by atoms with Gasteiger partial charge in [-0.05, 0) is 29.3 Å². The number of benzene rings is 3. The minimum absolute atomic E-state index is 0.0546. The molecule has 3 aliphatic heterocycles. The molecule has 0 aliphatic carbocycles. The lowest BCUT2D eigenvalue weighted by Crippen LogP contribution is -2.72. The zero-order valence-corrected chi connectivity index (χ0v) is 15.9. The standard InChI is InChI=1S/C24H22FN3O/c25-20-9-5-4-8-19(20)16-10-12-17(13-11-16)23-21-14-28(15-22(23)27-21)24(29)26-18-6-2-1-3-7-18/h1-13,21-23,27H,14-15H2,(H,26,29)/t21-,22+,23?. The fraction of sp³-hybridized carbons (Fsp3) is 0.208. The van der Waals surface area contributed by atoms with Gasteiger partial charge in [-0.1, -0.05) is 60.7 Å². The Labute approximate surface area is 169 Å². The Morgan fingerprint density at radius 1 is 0.897 bits per heavy atom. The zero-order chi connectivity index (χ0) is 19.8. The molecule has 3 aromatic carbocycles. The van der Waals surface area contributed by atoms with Gasteiger partial charge in [-0.2, -0.15) is 0 Å². The third-order valence-electron chi connectivity index (χ3n) is 5.92. The molecule has 1 unspecified atom stereocenters. The lowest BCUT2D eigenvalue weighted by atomic mass is 9.74. The first-order valence-corrected chi connectivity index (χ1v) is 9.91. The number of para-hydroxylation sites is 1. The number of piperidine rings is 1. The van der Waals surface area contributed by atoms with E-state index in [0.29, 0.717) is 24.6 Å². The molecule has 0 saturated carbocycles. The maximum Gasteiger partial charge on any atom is 0.321 e. The molecule has 3 fully saturated rings. The Kier molecular flexibility index (Phi) is 4.52. The van der Waals surface area contributed by atoms with Crippen LogP contribution in [0.2, 0.25) is 0 Å². The number of halogens is 1. The van der Waals surface area contributed by atoms with Crippen molar-refractivity contribution in [1.29, 1.82) is 0 Å². The van der Waals surface area contributed by atoms with Gasteiger partial charge in [-0.25, -0.2) is 9.18 Å². The Morgan fingerprint density at radius 3 is 2.24 bits per heavy atom. The molecular weight excluding hydrogens is 365 g/mol. The van der Waals surface area contributed by atoms with Gasteiger partial charge in [0.1, 0.15) is 5.82 Å². The Hall–Kier alpha value is -3.18. The Bertz CT molecular complexity index is 1010. The topological polar surface area (TPSA) is 44.4 Å². The predicted octanol–water partition coefficient (Wildman–Crippen LogP) is 4.46. The Balaban J connectivity index is 1.26. The first-order valence-electron chi connectivity index (χ1n) is 9.91. The number of hydrogen-bond donors (Lipinski definition) is 2. The molecule has 0 spiro atoms. The van der Waals surface area contributed by atoms with E-state index in [9.17, 15) is 9.18 Å². The molecule has 29 heavy (non-hydrogen) atoms. The van der Waals surface area contributed by atoms with Crippen LogP contribution in [-0.2, 0) is 0 Å². The summed E-state index contributed by atoms with van der Waals surface area (Å²) in [4.78, 5) is 14.4. The van der Waals surface area contributed by atoms with Crippen LogP contribution >= 0.6 is 0 Å². The number of rotatable bonds is 3. The third-order valence-corrected chi connectivity index (χ3v) is 5.92. The summed E-state index contributed by atoms with van der Waals surface area (Å²) >= 11 is 0. The van der Waals surface area contributed by atoms with Crippen LogP contribution in [0.4, 0.5) is 14.9 Å². The van der Waals surface area contributed by atoms with Crippen LogP contribution in [-0.4, -0.2) is 36.1 Å². The molecule has 4 nitrogen and oxygen atoms in total. The number of hydrogen-bond acceptors (Lipinski definition) is 2. The van der Waals surface area contributed by atoms with Gasteiger partial charge in [-0.15, -0.1) is 0 Å². The summed E-state index contributed by atoms with van der Waals surface area (Å²) in [5.41, 5.74) is 3.55. The number of nitrogens with one attached hydrogen (secondary N) is 2. The highest BCUT2D eigenvalue weighted by atomic mass is 19.1. The lowest BCUT2D eigenvalue weighted by Gasteiger charge is -2.54. The van der Waals surface area contributed by atoms with Crippen LogP contribution in [0, 0.1) is 5.82 Å². The van der Waals surface area contributed by atoms with Crippen molar-refractivity contribution >= 4 is 11.7 Å². The van der Waals surface area contributed by atoms with E-state index in [1.165, 1.54) is 11.6 Å². The average molecular weight is 387 g/mol. The van der Waals surface area contributed by atoms with E-state index in [1.54, 1.807) is 12.1 Å². The number of anilines is 1. The number of urea groups is 1. The van der Waals surface area contributed by atoms with E-state index < -0.39 is 0 Å². The monoisotopic (exact) mass is 387 g/mol. The van der Waals surface area contributed by atoms with E-state index in [0.717, 1.165) is 11.3 Å². The molecule has 2 amide bonds. The lowest BCUT2D eigenvalue weighted by molar-refractivity contribution is 0.0759. The second-order valence-electron chi connectivity index (χ2n) is 7.71. The summed E-state index contributed by atoms with van der Waals surface area (Å²) in [5, 5.41) is 6.51. The minimum Gasteiger partial charge on any atom is -0.321 e. The summed E-state index contributed by atoms with van der Waals surface area (Å²) in [6, 6.07) is 25.0. The molecule has 6 rings (SSSR count). The number of nitrogens with zero attached hydrogens (tertiary/aromatic N) is 1. The maximum absolute atomic E-state index is 14.0. The number of piperazine rings is 1. The van der Waals surface area contributed by atoms with E-state index in [-0.39, 0.29) is 23.9 Å². The largest absolute Gasteiger partial charge is 0.321 e. The number of fused-ring (bicyclic) bond motifs is 2. The maximum atomic E-state index is 14.0. The second kappa shape index (κ2) is 7.33. The fourth-order valence-electron chi connectivity index (χ4n) is 4.46. The molecule has 0 aromatic heterocycles. The number of carbonyl (C=O) groups excluding carboxylic acids is 1. The number of carbonyl (C=O) groups is 1. The van der Waals surface area contributed by atoms with Gasteiger partial charge in [-0.3, -0.25) is 0 Å². The SMILES string of the molecule is O=C(Nc1ccccc1)N1C[C@@H]2N[C@H](C1)C2c1ccc(-c2ccccc2F)cc1. The van der Waals surface area contributed by atoms with Crippen molar-refractivity contribution < 1.29 is 9.18 Å². The van der Waals surface area contributed by atoms with Gasteiger partial charge >= 0.3 is 6.03 Å². The van der Waals surface area contributed by atoms with Crippen molar-refractivity contribution in [3.63, 3.8) is 0 Å². The zero-order valence-electron chi connectivity index (χ0n) is 15.9. The van der Waals surface area contributed by atoms with Crippen LogP contribution in [0.3, 0.4) is 0 Å². The van der Waals surface area contributed by atoms with Crippen molar-refractivity contribution in [2.75, 3.05) is 18.4 Å². The molecule has 2 bridgehead atoms. The minimum atomic E-state index is -0.206. The summed E-state index contributed by atoms with van der Waals surface area (Å²) in [7, 11) is 0. The van der Waals surface area contributed by atoms with E-state index in [1.807, 2.05) is 53.4 Å². The first kappa shape index (κ1) is 17.9. The highest BCUT2D eigenvalue weighted by Crippen LogP contribution is 2.37. The van der Waals surface area contributed by atoms with Crippen molar-refractivity contribution in [3.05, 3.63) is 90.2 Å². The molecule has 3 heterocycles. The quantitative estimate of drug-likeness (QED) is 0.697.